The van der Waals surface area contributed by atoms with Crippen LogP contribution in [0.2, 0.25) is 0 Å². The van der Waals surface area contributed by atoms with Gasteiger partial charge in [0.2, 0.25) is 0 Å². The summed E-state index contributed by atoms with van der Waals surface area (Å²) in [4.78, 5) is 0. The van der Waals surface area contributed by atoms with Crippen molar-refractivity contribution >= 4 is 0 Å². The Balaban J connectivity index is 2.43. The minimum atomic E-state index is 0.449. The van der Waals surface area contributed by atoms with E-state index in [-0.39, 0.29) is 0 Å². The van der Waals surface area contributed by atoms with Crippen LogP contribution < -0.4 is 5.32 Å². The molecule has 11 heavy (non-hydrogen) atoms. The van der Waals surface area contributed by atoms with E-state index in [2.05, 4.69) is 26.1 Å². The van der Waals surface area contributed by atoms with Gasteiger partial charge in [-0.1, -0.05) is 33.6 Å². The van der Waals surface area contributed by atoms with E-state index in [1.54, 1.807) is 0 Å². The minimum absolute atomic E-state index is 0.449. The van der Waals surface area contributed by atoms with Crippen LogP contribution in [-0.2, 0) is 0 Å². The highest BCUT2D eigenvalue weighted by atomic mass is 14.9. The Morgan fingerprint density at radius 1 is 1.09 bits per heavy atom. The topological polar surface area (TPSA) is 12.0 Å². The molecule has 1 heteroatoms. The van der Waals surface area contributed by atoms with E-state index in [1.165, 1.54) is 32.2 Å². The van der Waals surface area contributed by atoms with Crippen molar-refractivity contribution in [3.63, 3.8) is 0 Å². The summed E-state index contributed by atoms with van der Waals surface area (Å²) in [6.07, 6.45) is 5.56. The van der Waals surface area contributed by atoms with E-state index in [0.717, 1.165) is 6.04 Å². The molecule has 0 aromatic rings. The van der Waals surface area contributed by atoms with Crippen molar-refractivity contribution in [1.82, 2.24) is 5.32 Å². The van der Waals surface area contributed by atoms with Crippen LogP contribution in [0.4, 0.5) is 0 Å². The molecule has 0 aliphatic carbocycles. The van der Waals surface area contributed by atoms with Crippen molar-refractivity contribution in [1.29, 1.82) is 0 Å². The molecule has 1 heterocycles. The first-order valence-electron chi connectivity index (χ1n) is 4.84. The van der Waals surface area contributed by atoms with Crippen LogP contribution in [0.3, 0.4) is 0 Å². The summed E-state index contributed by atoms with van der Waals surface area (Å²) < 4.78 is 0. The van der Waals surface area contributed by atoms with Crippen LogP contribution in [0.1, 0.15) is 46.5 Å². The fourth-order valence-corrected chi connectivity index (χ4v) is 1.77. The quantitative estimate of drug-likeness (QED) is 0.567. The van der Waals surface area contributed by atoms with Crippen molar-refractivity contribution in [3.05, 3.63) is 0 Å². The first kappa shape index (κ1) is 9.05. The Kier molecular flexibility index (Phi) is 2.94. The SMILES string of the molecule is CC(C)(C)[C@H]1CCCCCN1. The molecule has 66 valence electrons. The molecule has 0 aromatic carbocycles. The lowest BCUT2D eigenvalue weighted by molar-refractivity contribution is 0.263. The Bertz CT molecular complexity index is 105. The average Bonchev–Trinajstić information content (AvgIpc) is 2.10. The van der Waals surface area contributed by atoms with Gasteiger partial charge in [0.1, 0.15) is 0 Å². The van der Waals surface area contributed by atoms with Crippen LogP contribution in [0.15, 0.2) is 0 Å². The molecule has 0 unspecified atom stereocenters. The predicted molar refractivity (Wildman–Crippen MR) is 49.7 cm³/mol. The fraction of sp³-hybridized carbons (Fsp3) is 1.00. The highest BCUT2D eigenvalue weighted by Crippen LogP contribution is 2.25. The van der Waals surface area contributed by atoms with Crippen molar-refractivity contribution in [2.45, 2.75) is 52.5 Å². The first-order chi connectivity index (χ1) is 5.11. The van der Waals surface area contributed by atoms with Gasteiger partial charge in [0.15, 0.2) is 0 Å². The van der Waals surface area contributed by atoms with Gasteiger partial charge >= 0.3 is 0 Å². The van der Waals surface area contributed by atoms with Gasteiger partial charge in [0, 0.05) is 6.04 Å². The van der Waals surface area contributed by atoms with Gasteiger partial charge in [-0.25, -0.2) is 0 Å². The van der Waals surface area contributed by atoms with Crippen molar-refractivity contribution < 1.29 is 0 Å². The highest BCUT2D eigenvalue weighted by molar-refractivity contribution is 4.81. The normalized spacial score (nSPS) is 28.1. The molecule has 1 aliphatic rings. The van der Waals surface area contributed by atoms with Gasteiger partial charge < -0.3 is 5.32 Å². The Hall–Kier alpha value is -0.0400. The Morgan fingerprint density at radius 2 is 1.82 bits per heavy atom. The van der Waals surface area contributed by atoms with Gasteiger partial charge in [-0.3, -0.25) is 0 Å². The van der Waals surface area contributed by atoms with Gasteiger partial charge in [0.25, 0.3) is 0 Å². The molecule has 1 aliphatic heterocycles. The van der Waals surface area contributed by atoms with Crippen molar-refractivity contribution in [2.75, 3.05) is 6.54 Å². The maximum absolute atomic E-state index is 3.62. The standard InChI is InChI=1S/C10H21N/c1-10(2,3)9-7-5-4-6-8-11-9/h9,11H,4-8H2,1-3H3/t9-/m1/s1. The van der Waals surface area contributed by atoms with E-state index in [4.69, 9.17) is 0 Å². The molecule has 1 atom stereocenters. The molecule has 0 aromatic heterocycles. The zero-order chi connectivity index (χ0) is 8.32. The molecular weight excluding hydrogens is 134 g/mol. The summed E-state index contributed by atoms with van der Waals surface area (Å²) in [5.41, 5.74) is 0.449. The summed E-state index contributed by atoms with van der Waals surface area (Å²) in [6, 6.07) is 0.741. The highest BCUT2D eigenvalue weighted by Gasteiger charge is 2.24. The fourth-order valence-electron chi connectivity index (χ4n) is 1.77. The smallest absolute Gasteiger partial charge is 0.0116 e. The Morgan fingerprint density at radius 3 is 2.45 bits per heavy atom. The zero-order valence-electron chi connectivity index (χ0n) is 8.11. The van der Waals surface area contributed by atoms with Gasteiger partial charge in [-0.2, -0.15) is 0 Å². The van der Waals surface area contributed by atoms with Crippen LogP contribution in [0.25, 0.3) is 0 Å². The molecule has 1 nitrogen and oxygen atoms in total. The second-order valence-corrected chi connectivity index (χ2v) is 4.72. The van der Waals surface area contributed by atoms with Crippen LogP contribution in [-0.4, -0.2) is 12.6 Å². The lowest BCUT2D eigenvalue weighted by Crippen LogP contribution is -2.39. The van der Waals surface area contributed by atoms with E-state index in [9.17, 15) is 0 Å². The molecule has 1 rings (SSSR count). The maximum Gasteiger partial charge on any atom is 0.0116 e. The first-order valence-corrected chi connectivity index (χ1v) is 4.84. The van der Waals surface area contributed by atoms with E-state index in [0.29, 0.717) is 5.41 Å². The van der Waals surface area contributed by atoms with Gasteiger partial charge in [-0.05, 0) is 24.8 Å². The predicted octanol–water partition coefficient (Wildman–Crippen LogP) is 2.56. The molecule has 0 spiro atoms. The van der Waals surface area contributed by atoms with E-state index >= 15 is 0 Å². The number of hydrogen-bond acceptors (Lipinski definition) is 1. The van der Waals surface area contributed by atoms with Crippen LogP contribution >= 0.6 is 0 Å². The molecule has 0 amide bonds. The maximum atomic E-state index is 3.62. The van der Waals surface area contributed by atoms with Crippen LogP contribution in [0, 0.1) is 5.41 Å². The largest absolute Gasteiger partial charge is 0.313 e. The molecule has 1 fully saturated rings. The van der Waals surface area contributed by atoms with Gasteiger partial charge in [0.05, 0.1) is 0 Å². The summed E-state index contributed by atoms with van der Waals surface area (Å²) in [7, 11) is 0. The molecule has 0 radical (unpaired) electrons. The monoisotopic (exact) mass is 155 g/mol. The van der Waals surface area contributed by atoms with Gasteiger partial charge in [-0.15, -0.1) is 0 Å². The molecular formula is C10H21N. The zero-order valence-corrected chi connectivity index (χ0v) is 8.11. The molecule has 1 N–H and O–H groups in total. The third kappa shape index (κ3) is 2.82. The third-order valence-corrected chi connectivity index (χ3v) is 2.61. The third-order valence-electron chi connectivity index (χ3n) is 2.61. The lowest BCUT2D eigenvalue weighted by atomic mass is 9.84. The van der Waals surface area contributed by atoms with Crippen LogP contribution in [0.5, 0.6) is 0 Å². The molecule has 0 saturated carbocycles. The summed E-state index contributed by atoms with van der Waals surface area (Å²) in [5, 5.41) is 3.62. The molecule has 1 saturated heterocycles. The second-order valence-electron chi connectivity index (χ2n) is 4.72. The Labute approximate surface area is 70.6 Å². The molecule has 0 bridgehead atoms. The second kappa shape index (κ2) is 3.57. The van der Waals surface area contributed by atoms with E-state index in [1.807, 2.05) is 0 Å². The van der Waals surface area contributed by atoms with E-state index < -0.39 is 0 Å². The number of rotatable bonds is 0. The number of nitrogens with one attached hydrogen (secondary N) is 1. The average molecular weight is 155 g/mol. The summed E-state index contributed by atoms with van der Waals surface area (Å²) in [5.74, 6) is 0. The summed E-state index contributed by atoms with van der Waals surface area (Å²) in [6.45, 7) is 8.21. The minimum Gasteiger partial charge on any atom is -0.313 e. The summed E-state index contributed by atoms with van der Waals surface area (Å²) >= 11 is 0. The lowest BCUT2D eigenvalue weighted by Gasteiger charge is -2.30. The number of hydrogen-bond donors (Lipinski definition) is 1. The van der Waals surface area contributed by atoms with Crippen molar-refractivity contribution in [2.24, 2.45) is 5.41 Å². The van der Waals surface area contributed by atoms with Crippen molar-refractivity contribution in [3.8, 4) is 0 Å².